The van der Waals surface area contributed by atoms with Gasteiger partial charge in [-0.3, -0.25) is 0 Å². The summed E-state index contributed by atoms with van der Waals surface area (Å²) >= 11 is 0. The summed E-state index contributed by atoms with van der Waals surface area (Å²) in [6.07, 6.45) is 10.1. The molecule has 2 aromatic rings. The second kappa shape index (κ2) is 15.6. The van der Waals surface area contributed by atoms with Gasteiger partial charge in [0.15, 0.2) is 0 Å². The van der Waals surface area contributed by atoms with Crippen LogP contribution in [0.5, 0.6) is 0 Å². The predicted molar refractivity (Wildman–Crippen MR) is 142 cm³/mol. The highest BCUT2D eigenvalue weighted by molar-refractivity contribution is 5.79. The van der Waals surface area contributed by atoms with Gasteiger partial charge in [-0.25, -0.2) is 4.79 Å². The first kappa shape index (κ1) is 27.2. The lowest BCUT2D eigenvalue weighted by molar-refractivity contribution is 0.0371. The predicted octanol–water partition coefficient (Wildman–Crippen LogP) is 7.04. The van der Waals surface area contributed by atoms with E-state index in [0.717, 1.165) is 13.0 Å². The van der Waals surface area contributed by atoms with Crippen LogP contribution in [0.1, 0.15) is 75.3 Å². The Morgan fingerprint density at radius 1 is 0.743 bits per heavy atom. The lowest BCUT2D eigenvalue weighted by Gasteiger charge is -2.19. The number of hydrogen-bond acceptors (Lipinski definition) is 4. The van der Waals surface area contributed by atoms with Crippen molar-refractivity contribution < 1.29 is 19.0 Å². The highest BCUT2D eigenvalue weighted by Gasteiger charge is 2.29. The summed E-state index contributed by atoms with van der Waals surface area (Å²) in [6, 6.07) is 16.7. The van der Waals surface area contributed by atoms with Crippen molar-refractivity contribution in [3.8, 4) is 11.1 Å². The highest BCUT2D eigenvalue weighted by Crippen LogP contribution is 2.44. The van der Waals surface area contributed by atoms with Gasteiger partial charge in [-0.1, -0.05) is 100 Å². The number of rotatable bonds is 17. The summed E-state index contributed by atoms with van der Waals surface area (Å²) in [5.41, 5.74) is 4.91. The Kier molecular flexibility index (Phi) is 12.1. The molecule has 0 spiro atoms. The summed E-state index contributed by atoms with van der Waals surface area (Å²) < 4.78 is 17.0. The van der Waals surface area contributed by atoms with Crippen LogP contribution in [0.3, 0.4) is 0 Å². The largest absolute Gasteiger partial charge is 0.448 e. The number of ether oxygens (including phenoxy) is 3. The number of likely N-dealkylation sites (N-methyl/N-ethyl adjacent to an activating group) is 1. The van der Waals surface area contributed by atoms with Gasteiger partial charge < -0.3 is 19.1 Å². The average Bonchev–Trinajstić information content (AvgIpc) is 3.21. The second-order valence-electron chi connectivity index (χ2n) is 9.43. The first-order valence-corrected chi connectivity index (χ1v) is 13.4. The summed E-state index contributed by atoms with van der Waals surface area (Å²) in [5.74, 6) is 0.0780. The Bertz CT molecular complexity index is 839. The molecule has 0 heterocycles. The van der Waals surface area contributed by atoms with E-state index in [9.17, 15) is 4.79 Å². The molecule has 0 bridgehead atoms. The molecule has 0 saturated carbocycles. The van der Waals surface area contributed by atoms with E-state index in [2.05, 4.69) is 43.3 Å². The van der Waals surface area contributed by atoms with Crippen LogP contribution in [-0.2, 0) is 14.2 Å². The Morgan fingerprint density at radius 3 is 1.91 bits per heavy atom. The fourth-order valence-corrected chi connectivity index (χ4v) is 4.66. The van der Waals surface area contributed by atoms with Crippen LogP contribution in [-0.4, -0.2) is 57.6 Å². The Balaban J connectivity index is 1.23. The number of fused-ring (bicyclic) bond motifs is 3. The van der Waals surface area contributed by atoms with E-state index in [1.54, 1.807) is 11.9 Å². The van der Waals surface area contributed by atoms with E-state index in [0.29, 0.717) is 33.0 Å². The number of carbonyl (C=O) groups excluding carboxylic acids is 1. The van der Waals surface area contributed by atoms with Gasteiger partial charge in [0.05, 0.1) is 19.8 Å². The number of amides is 1. The lowest BCUT2D eigenvalue weighted by Crippen LogP contribution is -2.32. The fraction of sp³-hybridized carbons (Fsp3) is 0.567. The van der Waals surface area contributed by atoms with Crippen molar-refractivity contribution in [2.24, 2.45) is 0 Å². The summed E-state index contributed by atoms with van der Waals surface area (Å²) in [4.78, 5) is 14.1. The number of benzene rings is 2. The molecule has 0 aliphatic heterocycles. The van der Waals surface area contributed by atoms with Gasteiger partial charge in [-0.15, -0.1) is 0 Å². The zero-order valence-electron chi connectivity index (χ0n) is 21.7. The molecule has 1 amide bonds. The fourth-order valence-electron chi connectivity index (χ4n) is 4.66. The Morgan fingerprint density at radius 2 is 1.29 bits per heavy atom. The van der Waals surface area contributed by atoms with E-state index in [1.165, 1.54) is 67.2 Å². The Hall–Kier alpha value is -2.37. The number of nitrogens with zero attached hydrogens (tertiary/aromatic N) is 1. The molecule has 0 saturated heterocycles. The summed E-state index contributed by atoms with van der Waals surface area (Å²) in [6.45, 7) is 5.52. The van der Waals surface area contributed by atoms with Crippen LogP contribution in [0.4, 0.5) is 4.79 Å². The molecule has 0 radical (unpaired) electrons. The third kappa shape index (κ3) is 8.66. The normalized spacial score (nSPS) is 12.4. The number of unbranched alkanes of at least 4 members (excludes halogenated alkanes) is 7. The molecular formula is C30H43NO4. The molecule has 5 nitrogen and oxygen atoms in total. The third-order valence-electron chi connectivity index (χ3n) is 6.73. The lowest BCUT2D eigenvalue weighted by atomic mass is 9.98. The SMILES string of the molecule is CCCCCCCCCCOCCOCCN(C)C(=O)OCC1c2ccccc2-c2ccccc21. The van der Waals surface area contributed by atoms with Crippen molar-refractivity contribution in [1.29, 1.82) is 0 Å². The molecule has 1 aliphatic rings. The maximum Gasteiger partial charge on any atom is 0.409 e. The maximum absolute atomic E-state index is 12.5. The molecule has 192 valence electrons. The molecule has 1 aliphatic carbocycles. The first-order chi connectivity index (χ1) is 17.2. The van der Waals surface area contributed by atoms with Crippen LogP contribution in [0.15, 0.2) is 48.5 Å². The molecule has 0 unspecified atom stereocenters. The van der Waals surface area contributed by atoms with Crippen LogP contribution in [0.25, 0.3) is 11.1 Å². The standard InChI is InChI=1S/C30H43NO4/c1-3-4-5-6-7-8-9-14-20-33-22-23-34-21-19-31(2)30(32)35-24-29-27-17-12-10-15-25(27)26-16-11-13-18-28(26)29/h10-13,15-18,29H,3-9,14,19-24H2,1-2H3. The third-order valence-corrected chi connectivity index (χ3v) is 6.73. The first-order valence-electron chi connectivity index (χ1n) is 13.4. The van der Waals surface area contributed by atoms with Gasteiger partial charge in [-0.05, 0) is 28.7 Å². The molecule has 0 fully saturated rings. The zero-order valence-corrected chi connectivity index (χ0v) is 21.7. The van der Waals surface area contributed by atoms with E-state index in [4.69, 9.17) is 14.2 Å². The topological polar surface area (TPSA) is 48.0 Å². The van der Waals surface area contributed by atoms with E-state index in [1.807, 2.05) is 12.1 Å². The van der Waals surface area contributed by atoms with Crippen LogP contribution in [0, 0.1) is 0 Å². The molecule has 35 heavy (non-hydrogen) atoms. The zero-order chi connectivity index (χ0) is 24.7. The van der Waals surface area contributed by atoms with Crippen LogP contribution < -0.4 is 0 Å². The van der Waals surface area contributed by atoms with Crippen molar-refractivity contribution in [2.75, 3.05) is 46.6 Å². The molecule has 2 aromatic carbocycles. The molecule has 0 aromatic heterocycles. The number of carbonyl (C=O) groups is 1. The monoisotopic (exact) mass is 481 g/mol. The van der Waals surface area contributed by atoms with Gasteiger partial charge >= 0.3 is 6.09 Å². The minimum atomic E-state index is -0.318. The van der Waals surface area contributed by atoms with Gasteiger partial charge in [0.25, 0.3) is 0 Å². The maximum atomic E-state index is 12.5. The summed E-state index contributed by atoms with van der Waals surface area (Å²) in [7, 11) is 1.75. The van der Waals surface area contributed by atoms with Gasteiger partial charge in [-0.2, -0.15) is 0 Å². The van der Waals surface area contributed by atoms with E-state index in [-0.39, 0.29) is 12.0 Å². The number of hydrogen-bond donors (Lipinski definition) is 0. The van der Waals surface area contributed by atoms with Crippen LogP contribution >= 0.6 is 0 Å². The molecule has 0 atom stereocenters. The van der Waals surface area contributed by atoms with Gasteiger partial charge in [0.1, 0.15) is 6.61 Å². The van der Waals surface area contributed by atoms with Crippen molar-refractivity contribution >= 4 is 6.09 Å². The Labute approximate surface area is 211 Å². The van der Waals surface area contributed by atoms with Crippen molar-refractivity contribution in [3.63, 3.8) is 0 Å². The van der Waals surface area contributed by atoms with Crippen molar-refractivity contribution in [2.45, 2.75) is 64.2 Å². The minimum absolute atomic E-state index is 0.0780. The van der Waals surface area contributed by atoms with Gasteiger partial charge in [0, 0.05) is 26.1 Å². The van der Waals surface area contributed by atoms with Crippen LogP contribution in [0.2, 0.25) is 0 Å². The molecule has 3 rings (SSSR count). The average molecular weight is 482 g/mol. The highest BCUT2D eigenvalue weighted by atomic mass is 16.6. The smallest absolute Gasteiger partial charge is 0.409 e. The quantitative estimate of drug-likeness (QED) is 0.227. The van der Waals surface area contributed by atoms with E-state index >= 15 is 0 Å². The van der Waals surface area contributed by atoms with Crippen molar-refractivity contribution in [1.82, 2.24) is 4.90 Å². The molecule has 5 heteroatoms. The van der Waals surface area contributed by atoms with Gasteiger partial charge in [0.2, 0.25) is 0 Å². The van der Waals surface area contributed by atoms with Crippen molar-refractivity contribution in [3.05, 3.63) is 59.7 Å². The second-order valence-corrected chi connectivity index (χ2v) is 9.43. The summed E-state index contributed by atoms with van der Waals surface area (Å²) in [5, 5.41) is 0. The molecule has 0 N–H and O–H groups in total. The minimum Gasteiger partial charge on any atom is -0.448 e. The molecular weight excluding hydrogens is 438 g/mol. The van der Waals surface area contributed by atoms with E-state index < -0.39 is 0 Å².